The molecule has 2 aromatic heterocycles. The van der Waals surface area contributed by atoms with Gasteiger partial charge in [0.1, 0.15) is 0 Å². The number of aromatic nitrogens is 3. The average Bonchev–Trinajstić information content (AvgIpc) is 3.22. The number of carbonyl (C=O) groups excluding carboxylic acids is 1. The van der Waals surface area contributed by atoms with Crippen molar-refractivity contribution < 1.29 is 22.7 Å². The molecule has 128 valence electrons. The number of nitrogens with one attached hydrogen (secondary N) is 1. The molecule has 6 nitrogen and oxygen atoms in total. The molecule has 2 aromatic rings. The summed E-state index contributed by atoms with van der Waals surface area (Å²) in [6.07, 6.45) is -0.985. The van der Waals surface area contributed by atoms with E-state index in [1.807, 2.05) is 0 Å². The van der Waals surface area contributed by atoms with E-state index < -0.39 is 23.3 Å². The van der Waals surface area contributed by atoms with E-state index in [1.54, 1.807) is 12.1 Å². The number of halogens is 3. The van der Waals surface area contributed by atoms with Gasteiger partial charge in [-0.15, -0.1) is 0 Å². The largest absolute Gasteiger partial charge is 0.434 e. The highest BCUT2D eigenvalue weighted by Gasteiger charge is 2.40. The van der Waals surface area contributed by atoms with Gasteiger partial charge >= 0.3 is 6.18 Å². The summed E-state index contributed by atoms with van der Waals surface area (Å²) in [7, 11) is 0. The Labute approximate surface area is 135 Å². The van der Waals surface area contributed by atoms with Crippen LogP contribution in [0.4, 0.5) is 13.2 Å². The lowest BCUT2D eigenvalue weighted by Gasteiger charge is -2.13. The van der Waals surface area contributed by atoms with Crippen LogP contribution in [0.1, 0.15) is 28.9 Å². The average molecular weight is 340 g/mol. The Kier molecular flexibility index (Phi) is 4.52. The van der Waals surface area contributed by atoms with Gasteiger partial charge in [-0.1, -0.05) is 6.07 Å². The number of nitrogens with zero attached hydrogens (tertiary/aromatic N) is 3. The van der Waals surface area contributed by atoms with Gasteiger partial charge in [-0.25, -0.2) is 9.67 Å². The number of amides is 1. The third-order valence-corrected chi connectivity index (χ3v) is 3.66. The Bertz CT molecular complexity index is 709. The number of carbonyl (C=O) groups is 1. The van der Waals surface area contributed by atoms with Gasteiger partial charge in [0, 0.05) is 19.3 Å². The molecule has 1 amide bonds. The summed E-state index contributed by atoms with van der Waals surface area (Å²) in [5, 5.41) is 6.18. The van der Waals surface area contributed by atoms with Crippen molar-refractivity contribution in [1.29, 1.82) is 0 Å². The normalized spacial score (nSPS) is 17.9. The fourth-order valence-electron chi connectivity index (χ4n) is 2.55. The highest BCUT2D eigenvalue weighted by Crippen LogP contribution is 2.33. The number of pyridine rings is 1. The van der Waals surface area contributed by atoms with E-state index in [1.165, 1.54) is 12.3 Å². The Hall–Kier alpha value is -2.42. The third kappa shape index (κ3) is 3.40. The Balaban J connectivity index is 1.87. The molecule has 0 bridgehead atoms. The molecule has 3 rings (SSSR count). The van der Waals surface area contributed by atoms with Gasteiger partial charge in [-0.2, -0.15) is 18.3 Å². The van der Waals surface area contributed by atoms with Crippen LogP contribution in [-0.4, -0.2) is 39.9 Å². The van der Waals surface area contributed by atoms with Gasteiger partial charge in [0.15, 0.2) is 11.5 Å². The van der Waals surface area contributed by atoms with Crippen molar-refractivity contribution in [3.05, 3.63) is 41.9 Å². The van der Waals surface area contributed by atoms with Crippen molar-refractivity contribution in [2.45, 2.75) is 25.1 Å². The van der Waals surface area contributed by atoms with Crippen molar-refractivity contribution in [3.63, 3.8) is 0 Å². The van der Waals surface area contributed by atoms with Gasteiger partial charge in [0.25, 0.3) is 5.91 Å². The maximum absolute atomic E-state index is 13.4. The summed E-state index contributed by atoms with van der Waals surface area (Å²) in [5.74, 6) is -0.844. The van der Waals surface area contributed by atoms with Crippen molar-refractivity contribution >= 4 is 5.91 Å². The molecule has 1 atom stereocenters. The molecule has 24 heavy (non-hydrogen) atoms. The second kappa shape index (κ2) is 6.60. The van der Waals surface area contributed by atoms with Crippen LogP contribution in [-0.2, 0) is 10.9 Å². The molecule has 3 heterocycles. The summed E-state index contributed by atoms with van der Waals surface area (Å²) in [4.78, 5) is 16.0. The van der Waals surface area contributed by atoms with E-state index in [0.717, 1.165) is 19.0 Å². The first-order chi connectivity index (χ1) is 11.5. The molecule has 0 aliphatic carbocycles. The molecule has 1 fully saturated rings. The van der Waals surface area contributed by atoms with Gasteiger partial charge in [0.2, 0.25) is 0 Å². The van der Waals surface area contributed by atoms with Crippen LogP contribution in [0.3, 0.4) is 0 Å². The second-order valence-corrected chi connectivity index (χ2v) is 5.35. The van der Waals surface area contributed by atoms with Crippen molar-refractivity contribution in [2.24, 2.45) is 0 Å². The predicted octanol–water partition coefficient (Wildman–Crippen LogP) is 2.19. The Morgan fingerprint density at radius 1 is 1.42 bits per heavy atom. The topological polar surface area (TPSA) is 69.0 Å². The summed E-state index contributed by atoms with van der Waals surface area (Å²) >= 11 is 0. The standard InChI is InChI=1S/C15H15F3N4O2/c16-15(17,18)13-11(14(23)20-8-10-4-3-7-24-10)9-21-22(13)12-5-1-2-6-19-12/h1-2,5-6,9-10H,3-4,7-8H2,(H,20,23). The highest BCUT2D eigenvalue weighted by atomic mass is 19.4. The van der Waals surface area contributed by atoms with E-state index in [0.29, 0.717) is 11.3 Å². The molecular weight excluding hydrogens is 325 g/mol. The van der Waals surface area contributed by atoms with Crippen molar-refractivity contribution in [2.75, 3.05) is 13.2 Å². The molecule has 1 N–H and O–H groups in total. The Morgan fingerprint density at radius 3 is 2.88 bits per heavy atom. The fraction of sp³-hybridized carbons (Fsp3) is 0.400. The van der Waals surface area contributed by atoms with E-state index >= 15 is 0 Å². The minimum Gasteiger partial charge on any atom is -0.376 e. The number of alkyl halides is 3. The number of hydrogen-bond donors (Lipinski definition) is 1. The lowest BCUT2D eigenvalue weighted by Crippen LogP contribution is -2.33. The van der Waals surface area contributed by atoms with Crippen LogP contribution in [0.15, 0.2) is 30.6 Å². The molecule has 0 spiro atoms. The summed E-state index contributed by atoms with van der Waals surface area (Å²) in [6, 6.07) is 4.51. The maximum Gasteiger partial charge on any atom is 0.434 e. The smallest absolute Gasteiger partial charge is 0.376 e. The monoisotopic (exact) mass is 340 g/mol. The van der Waals surface area contributed by atoms with Crippen molar-refractivity contribution in [1.82, 2.24) is 20.1 Å². The van der Waals surface area contributed by atoms with Gasteiger partial charge in [-0.05, 0) is 25.0 Å². The van der Waals surface area contributed by atoms with Crippen LogP contribution in [0, 0.1) is 0 Å². The van der Waals surface area contributed by atoms with Crippen LogP contribution in [0.25, 0.3) is 5.82 Å². The van der Waals surface area contributed by atoms with Crippen LogP contribution < -0.4 is 5.32 Å². The predicted molar refractivity (Wildman–Crippen MR) is 77.7 cm³/mol. The van der Waals surface area contributed by atoms with Crippen LogP contribution in [0.5, 0.6) is 0 Å². The molecular formula is C15H15F3N4O2. The Morgan fingerprint density at radius 2 is 2.25 bits per heavy atom. The van der Waals surface area contributed by atoms with Crippen molar-refractivity contribution in [3.8, 4) is 5.82 Å². The van der Waals surface area contributed by atoms with E-state index in [4.69, 9.17) is 4.74 Å². The first kappa shape index (κ1) is 16.4. The summed E-state index contributed by atoms with van der Waals surface area (Å²) in [6.45, 7) is 0.775. The molecule has 1 aliphatic rings. The number of rotatable bonds is 4. The van der Waals surface area contributed by atoms with E-state index in [9.17, 15) is 18.0 Å². The highest BCUT2D eigenvalue weighted by molar-refractivity contribution is 5.95. The molecule has 0 aromatic carbocycles. The summed E-state index contributed by atoms with van der Waals surface area (Å²) < 4.78 is 46.3. The fourth-order valence-corrected chi connectivity index (χ4v) is 2.55. The number of hydrogen-bond acceptors (Lipinski definition) is 4. The molecule has 9 heteroatoms. The molecule has 1 aliphatic heterocycles. The summed E-state index contributed by atoms with van der Waals surface area (Å²) in [5.41, 5.74) is -1.68. The van der Waals surface area contributed by atoms with E-state index in [2.05, 4.69) is 15.4 Å². The van der Waals surface area contributed by atoms with Gasteiger partial charge in [-0.3, -0.25) is 4.79 Å². The lowest BCUT2D eigenvalue weighted by molar-refractivity contribution is -0.143. The van der Waals surface area contributed by atoms with Gasteiger partial charge in [0.05, 0.1) is 17.9 Å². The zero-order chi connectivity index (χ0) is 17.2. The zero-order valence-electron chi connectivity index (χ0n) is 12.6. The third-order valence-electron chi connectivity index (χ3n) is 3.66. The quantitative estimate of drug-likeness (QED) is 0.926. The molecule has 0 radical (unpaired) electrons. The second-order valence-electron chi connectivity index (χ2n) is 5.35. The van der Waals surface area contributed by atoms with Crippen LogP contribution >= 0.6 is 0 Å². The van der Waals surface area contributed by atoms with Gasteiger partial charge < -0.3 is 10.1 Å². The minimum atomic E-state index is -4.75. The van der Waals surface area contributed by atoms with Crippen LogP contribution in [0.2, 0.25) is 0 Å². The molecule has 0 saturated carbocycles. The molecule has 1 unspecified atom stereocenters. The van der Waals surface area contributed by atoms with E-state index in [-0.39, 0.29) is 18.5 Å². The number of ether oxygens (including phenoxy) is 1. The first-order valence-corrected chi connectivity index (χ1v) is 7.43. The minimum absolute atomic E-state index is 0.0111. The maximum atomic E-state index is 13.4. The zero-order valence-corrected chi connectivity index (χ0v) is 12.6. The lowest BCUT2D eigenvalue weighted by atomic mass is 10.2. The molecule has 1 saturated heterocycles. The SMILES string of the molecule is O=C(NCC1CCCO1)c1cnn(-c2ccccn2)c1C(F)(F)F. The first-order valence-electron chi connectivity index (χ1n) is 7.43.